The molecule has 22 heavy (non-hydrogen) atoms. The quantitative estimate of drug-likeness (QED) is 0.651. The summed E-state index contributed by atoms with van der Waals surface area (Å²) in [5.41, 5.74) is 2.79. The summed E-state index contributed by atoms with van der Waals surface area (Å²) in [5.74, 6) is -1.03. The van der Waals surface area contributed by atoms with E-state index < -0.39 is 5.97 Å². The first-order valence-electron chi connectivity index (χ1n) is 6.57. The second-order valence-corrected chi connectivity index (χ2v) is 4.64. The molecule has 0 atom stereocenters. The van der Waals surface area contributed by atoms with Crippen LogP contribution in [0.4, 0.5) is 11.4 Å². The number of phenols is 1. The van der Waals surface area contributed by atoms with Gasteiger partial charge in [-0.3, -0.25) is 9.79 Å². The lowest BCUT2D eigenvalue weighted by atomic mass is 10.2. The number of hydrogen-bond acceptors (Lipinski definition) is 5. The lowest BCUT2D eigenvalue weighted by Gasteiger charge is -2.00. The van der Waals surface area contributed by atoms with Crippen LogP contribution in [-0.4, -0.2) is 28.9 Å². The van der Waals surface area contributed by atoms with Crippen molar-refractivity contribution in [3.05, 3.63) is 53.6 Å². The minimum atomic E-state index is -1.04. The lowest BCUT2D eigenvalue weighted by Crippen LogP contribution is -1.99. The van der Waals surface area contributed by atoms with Gasteiger partial charge in [-0.25, -0.2) is 0 Å². The monoisotopic (exact) mass is 297 g/mol. The van der Waals surface area contributed by atoms with Crippen molar-refractivity contribution in [3.63, 3.8) is 0 Å². The molecular formula is C16H15N3O3. The van der Waals surface area contributed by atoms with Gasteiger partial charge in [-0.15, -0.1) is 0 Å². The number of aliphatic imine (C=N–C) groups is 1. The van der Waals surface area contributed by atoms with Crippen LogP contribution in [0.15, 0.2) is 57.7 Å². The average molecular weight is 297 g/mol. The fourth-order valence-electron chi connectivity index (χ4n) is 1.66. The number of aryl methyl sites for hydroxylation is 1. The molecule has 0 heterocycles. The number of carboxylic acids is 1. The summed E-state index contributed by atoms with van der Waals surface area (Å²) in [4.78, 5) is 14.1. The zero-order valence-electron chi connectivity index (χ0n) is 12.0. The minimum absolute atomic E-state index is 0.00317. The van der Waals surface area contributed by atoms with Gasteiger partial charge in [-0.1, -0.05) is 17.7 Å². The van der Waals surface area contributed by atoms with Crippen molar-refractivity contribution < 1.29 is 15.0 Å². The SMILES string of the molecule is Cc1ccc(N=Nc2ccc(O)c(C=NCC(=O)O)c2)cc1. The van der Waals surface area contributed by atoms with Gasteiger partial charge in [0.1, 0.15) is 12.3 Å². The highest BCUT2D eigenvalue weighted by molar-refractivity contribution is 5.86. The first-order chi connectivity index (χ1) is 10.5. The van der Waals surface area contributed by atoms with Gasteiger partial charge in [-0.2, -0.15) is 10.2 Å². The molecule has 112 valence electrons. The number of azo groups is 1. The van der Waals surface area contributed by atoms with Gasteiger partial charge in [0.2, 0.25) is 0 Å². The third-order valence-corrected chi connectivity index (χ3v) is 2.78. The summed E-state index contributed by atoms with van der Waals surface area (Å²) in [6.07, 6.45) is 1.30. The largest absolute Gasteiger partial charge is 0.507 e. The Hall–Kier alpha value is -3.02. The molecule has 2 rings (SSSR count). The predicted molar refractivity (Wildman–Crippen MR) is 83.6 cm³/mol. The second-order valence-electron chi connectivity index (χ2n) is 4.64. The summed E-state index contributed by atoms with van der Waals surface area (Å²) >= 11 is 0. The Morgan fingerprint density at radius 2 is 1.73 bits per heavy atom. The Balaban J connectivity index is 2.16. The van der Waals surface area contributed by atoms with Crippen LogP contribution in [0.2, 0.25) is 0 Å². The van der Waals surface area contributed by atoms with Crippen LogP contribution in [-0.2, 0) is 4.79 Å². The Bertz CT molecular complexity index is 722. The van der Waals surface area contributed by atoms with Gasteiger partial charge in [0.25, 0.3) is 0 Å². The molecule has 0 radical (unpaired) electrons. The molecule has 0 fully saturated rings. The highest BCUT2D eigenvalue weighted by Gasteiger charge is 2.01. The van der Waals surface area contributed by atoms with E-state index in [2.05, 4.69) is 15.2 Å². The summed E-state index contributed by atoms with van der Waals surface area (Å²) in [6, 6.07) is 12.2. The normalized spacial score (nSPS) is 11.3. The van der Waals surface area contributed by atoms with Crippen molar-refractivity contribution >= 4 is 23.6 Å². The van der Waals surface area contributed by atoms with E-state index in [0.29, 0.717) is 11.3 Å². The number of carbonyl (C=O) groups is 1. The zero-order chi connectivity index (χ0) is 15.9. The molecule has 0 amide bonds. The van der Waals surface area contributed by atoms with Crippen molar-refractivity contribution in [2.45, 2.75) is 6.92 Å². The number of benzene rings is 2. The fourth-order valence-corrected chi connectivity index (χ4v) is 1.66. The van der Waals surface area contributed by atoms with Crippen molar-refractivity contribution in [1.29, 1.82) is 0 Å². The predicted octanol–water partition coefficient (Wildman–Crippen LogP) is 3.62. The minimum Gasteiger partial charge on any atom is -0.507 e. The summed E-state index contributed by atoms with van der Waals surface area (Å²) in [5, 5.41) is 26.4. The number of carboxylic acid groups (broad SMARTS) is 1. The van der Waals surface area contributed by atoms with E-state index >= 15 is 0 Å². The number of aliphatic carboxylic acids is 1. The molecular weight excluding hydrogens is 282 g/mol. The topological polar surface area (TPSA) is 94.6 Å². The molecule has 0 aliphatic carbocycles. The average Bonchev–Trinajstić information content (AvgIpc) is 2.49. The van der Waals surface area contributed by atoms with E-state index in [-0.39, 0.29) is 12.3 Å². The molecule has 0 aliphatic rings. The number of nitrogens with zero attached hydrogens (tertiary/aromatic N) is 3. The number of phenolic OH excluding ortho intramolecular Hbond substituents is 1. The molecule has 2 aromatic carbocycles. The van der Waals surface area contributed by atoms with Crippen LogP contribution < -0.4 is 0 Å². The van der Waals surface area contributed by atoms with Crippen molar-refractivity contribution in [2.75, 3.05) is 6.54 Å². The van der Waals surface area contributed by atoms with Crippen LogP contribution in [0.5, 0.6) is 5.75 Å². The molecule has 0 unspecified atom stereocenters. The molecule has 0 saturated heterocycles. The molecule has 6 heteroatoms. The van der Waals surface area contributed by atoms with E-state index in [0.717, 1.165) is 11.3 Å². The first-order valence-corrected chi connectivity index (χ1v) is 6.57. The first kappa shape index (κ1) is 15.4. The highest BCUT2D eigenvalue weighted by Crippen LogP contribution is 2.24. The number of aromatic hydroxyl groups is 1. The highest BCUT2D eigenvalue weighted by atomic mass is 16.4. The molecule has 0 aromatic heterocycles. The van der Waals surface area contributed by atoms with Gasteiger partial charge in [0, 0.05) is 11.8 Å². The van der Waals surface area contributed by atoms with Crippen molar-refractivity contribution in [3.8, 4) is 5.75 Å². The Morgan fingerprint density at radius 3 is 2.41 bits per heavy atom. The summed E-state index contributed by atoms with van der Waals surface area (Å²) in [6.45, 7) is 1.64. The molecule has 6 nitrogen and oxygen atoms in total. The fraction of sp³-hybridized carbons (Fsp3) is 0.125. The zero-order valence-corrected chi connectivity index (χ0v) is 12.0. The van der Waals surface area contributed by atoms with Crippen LogP contribution in [0.3, 0.4) is 0 Å². The maximum atomic E-state index is 10.4. The standard InChI is InChI=1S/C16H15N3O3/c1-11-2-4-13(5-3-11)18-19-14-6-7-15(20)12(8-14)9-17-10-16(21)22/h2-9,20H,10H2,1H3,(H,21,22). The van der Waals surface area contributed by atoms with Gasteiger partial charge >= 0.3 is 5.97 Å². The molecule has 0 saturated carbocycles. The van der Waals surface area contributed by atoms with Gasteiger partial charge < -0.3 is 10.2 Å². The van der Waals surface area contributed by atoms with E-state index in [1.54, 1.807) is 12.1 Å². The second kappa shape index (κ2) is 7.12. The Morgan fingerprint density at radius 1 is 1.09 bits per heavy atom. The number of hydrogen-bond donors (Lipinski definition) is 2. The van der Waals surface area contributed by atoms with Crippen LogP contribution in [0.1, 0.15) is 11.1 Å². The van der Waals surface area contributed by atoms with E-state index in [9.17, 15) is 9.90 Å². The third kappa shape index (κ3) is 4.52. The van der Waals surface area contributed by atoms with E-state index in [1.165, 1.54) is 12.3 Å². The maximum absolute atomic E-state index is 10.4. The molecule has 2 N–H and O–H groups in total. The van der Waals surface area contributed by atoms with Crippen molar-refractivity contribution in [1.82, 2.24) is 0 Å². The van der Waals surface area contributed by atoms with Crippen LogP contribution in [0.25, 0.3) is 0 Å². The lowest BCUT2D eigenvalue weighted by molar-refractivity contribution is -0.135. The molecule has 0 bridgehead atoms. The van der Waals surface area contributed by atoms with E-state index in [1.807, 2.05) is 31.2 Å². The smallest absolute Gasteiger partial charge is 0.325 e. The Kier molecular flexibility index (Phi) is 4.98. The van der Waals surface area contributed by atoms with E-state index in [4.69, 9.17) is 5.11 Å². The molecule has 2 aromatic rings. The molecule has 0 aliphatic heterocycles. The van der Waals surface area contributed by atoms with Gasteiger partial charge in [-0.05, 0) is 37.3 Å². The Labute approximate surface area is 127 Å². The van der Waals surface area contributed by atoms with Gasteiger partial charge in [0.05, 0.1) is 11.4 Å². The summed E-state index contributed by atoms with van der Waals surface area (Å²) in [7, 11) is 0. The van der Waals surface area contributed by atoms with Crippen LogP contribution in [0, 0.1) is 6.92 Å². The van der Waals surface area contributed by atoms with Crippen molar-refractivity contribution in [2.24, 2.45) is 15.2 Å². The third-order valence-electron chi connectivity index (χ3n) is 2.78. The maximum Gasteiger partial charge on any atom is 0.325 e. The van der Waals surface area contributed by atoms with Crippen LogP contribution >= 0.6 is 0 Å². The summed E-state index contributed by atoms with van der Waals surface area (Å²) < 4.78 is 0. The van der Waals surface area contributed by atoms with Gasteiger partial charge in [0.15, 0.2) is 0 Å². The number of rotatable bonds is 5. The molecule has 0 spiro atoms.